The van der Waals surface area contributed by atoms with Gasteiger partial charge in [0.05, 0.1) is 49.6 Å². The van der Waals surface area contributed by atoms with Crippen LogP contribution in [0.15, 0.2) is 61.7 Å². The van der Waals surface area contributed by atoms with Crippen LogP contribution in [0.25, 0.3) is 28.6 Å². The van der Waals surface area contributed by atoms with Crippen molar-refractivity contribution in [1.29, 1.82) is 0 Å². The van der Waals surface area contributed by atoms with Gasteiger partial charge in [0.15, 0.2) is 5.82 Å². The number of hydrogen-bond acceptors (Lipinski definition) is 13. The van der Waals surface area contributed by atoms with Crippen molar-refractivity contribution < 1.29 is 5.21 Å². The third-order valence-electron chi connectivity index (χ3n) is 9.18. The summed E-state index contributed by atoms with van der Waals surface area (Å²) in [5, 5.41) is 6.50. The summed E-state index contributed by atoms with van der Waals surface area (Å²) in [6.45, 7) is 8.63. The van der Waals surface area contributed by atoms with Crippen molar-refractivity contribution in [2.24, 2.45) is 29.6 Å². The number of rotatable bonds is 5. The highest BCUT2D eigenvalue weighted by molar-refractivity contribution is 5.85. The second-order valence-corrected chi connectivity index (χ2v) is 12.4. The standard InChI is InChI=1S/C19H20N6.C13H14N6.CH4.ClH.H3NO/c1-12-3-4-13(2)25(12)19-8-20-6-17(23-19)16-7-22-18(9-21-16)24-10-14-5-15(14)11-24;14-12-4-15-2-11(18-12)10-3-17-13(5-16-10)19-6-8-1-9(8)7-19;;;1-2/h3-4,6-9,14-15H,5,10-11H2,1-2H3;2-5,8-9H,1,6-7H2,(H2,14,18);1H4;1H;2H,1H2. The molecule has 0 amide bonds. The van der Waals surface area contributed by atoms with Gasteiger partial charge in [-0.25, -0.2) is 35.8 Å². The lowest BCUT2D eigenvalue weighted by molar-refractivity contribution is 0.311. The Kier molecular flexibility index (Phi) is 10.5. The molecule has 0 aromatic carbocycles. The maximum atomic E-state index is 6.50. The van der Waals surface area contributed by atoms with Gasteiger partial charge in [-0.05, 0) is 62.5 Å². The van der Waals surface area contributed by atoms with E-state index < -0.39 is 0 Å². The first kappa shape index (κ1) is 34.5. The third-order valence-corrected chi connectivity index (χ3v) is 9.18. The van der Waals surface area contributed by atoms with E-state index in [2.05, 4.69) is 81.1 Å². The van der Waals surface area contributed by atoms with Crippen LogP contribution >= 0.6 is 12.4 Å². The largest absolute Gasteiger partial charge is 0.382 e. The summed E-state index contributed by atoms with van der Waals surface area (Å²) in [6, 6.07) is 4.16. The molecule has 5 aromatic rings. The van der Waals surface area contributed by atoms with Crippen molar-refractivity contribution in [2.75, 3.05) is 41.7 Å². The maximum absolute atomic E-state index is 6.50. The minimum atomic E-state index is 0. The Bertz CT molecular complexity index is 1780. The molecule has 4 aliphatic rings. The van der Waals surface area contributed by atoms with E-state index in [4.69, 9.17) is 15.9 Å². The average Bonchev–Trinajstić information content (AvgIpc) is 3.87. The van der Waals surface area contributed by atoms with Gasteiger partial charge in [-0.15, -0.1) is 12.4 Å². The third kappa shape index (κ3) is 7.20. The number of nitrogens with two attached hydrogens (primary N) is 2. The van der Waals surface area contributed by atoms with E-state index >= 15 is 0 Å². The quantitative estimate of drug-likeness (QED) is 0.226. The minimum absolute atomic E-state index is 0. The Hall–Kier alpha value is -4.79. The molecule has 4 unspecified atom stereocenters. The van der Waals surface area contributed by atoms with E-state index in [-0.39, 0.29) is 19.8 Å². The van der Waals surface area contributed by atoms with Crippen LogP contribution in [-0.4, -0.2) is 75.8 Å². The van der Waals surface area contributed by atoms with E-state index in [1.807, 2.05) is 18.6 Å². The van der Waals surface area contributed by atoms with Crippen molar-refractivity contribution in [1.82, 2.24) is 44.4 Å². The Morgan fingerprint density at radius 3 is 1.48 bits per heavy atom. The fourth-order valence-corrected chi connectivity index (χ4v) is 6.53. The molecule has 9 rings (SSSR count). The van der Waals surface area contributed by atoms with Crippen molar-refractivity contribution in [3.05, 3.63) is 73.1 Å². The van der Waals surface area contributed by atoms with Crippen LogP contribution in [0.4, 0.5) is 17.5 Å². The summed E-state index contributed by atoms with van der Waals surface area (Å²) in [5.41, 5.74) is 10.7. The fraction of sp³-hybridized carbons (Fsp3) is 0.394. The first-order valence-electron chi connectivity index (χ1n) is 15.4. The molecule has 2 aliphatic heterocycles. The van der Waals surface area contributed by atoms with Crippen LogP contribution in [0.2, 0.25) is 0 Å². The first-order chi connectivity index (χ1) is 22.5. The number of anilines is 3. The maximum Gasteiger partial charge on any atom is 0.156 e. The van der Waals surface area contributed by atoms with E-state index in [0.29, 0.717) is 17.2 Å². The van der Waals surface area contributed by atoms with Gasteiger partial charge in [-0.2, -0.15) is 0 Å². The van der Waals surface area contributed by atoms with Crippen LogP contribution in [0.3, 0.4) is 0 Å². The van der Waals surface area contributed by atoms with Crippen LogP contribution < -0.4 is 21.4 Å². The predicted molar refractivity (Wildman–Crippen MR) is 187 cm³/mol. The predicted octanol–water partition coefficient (Wildman–Crippen LogP) is 4.16. The topological polar surface area (TPSA) is 187 Å². The zero-order valence-electron chi connectivity index (χ0n) is 26.3. The summed E-state index contributed by atoms with van der Waals surface area (Å²) >= 11 is 0. The Morgan fingerprint density at radius 2 is 1.04 bits per heavy atom. The number of hydrogen-bond donors (Lipinski definition) is 3. The van der Waals surface area contributed by atoms with Gasteiger partial charge in [-0.3, -0.25) is 9.97 Å². The summed E-state index contributed by atoms with van der Waals surface area (Å²) < 4.78 is 2.09. The van der Waals surface area contributed by atoms with Crippen LogP contribution in [0.5, 0.6) is 0 Å². The molecular formula is C33H42ClN13O. The summed E-state index contributed by atoms with van der Waals surface area (Å²) in [4.78, 5) is 40.0. The lowest BCUT2D eigenvalue weighted by Gasteiger charge is -2.18. The van der Waals surface area contributed by atoms with E-state index in [1.165, 1.54) is 19.0 Å². The van der Waals surface area contributed by atoms with Crippen LogP contribution in [0.1, 0.15) is 31.7 Å². The molecule has 0 bridgehead atoms. The number of halogens is 1. The number of nitrogen functional groups attached to an aromatic ring is 1. The summed E-state index contributed by atoms with van der Waals surface area (Å²) in [6.07, 6.45) is 16.7. The molecule has 0 spiro atoms. The molecule has 4 fully saturated rings. The van der Waals surface area contributed by atoms with Crippen molar-refractivity contribution in [3.63, 3.8) is 0 Å². The van der Waals surface area contributed by atoms with Gasteiger partial charge < -0.3 is 25.3 Å². The molecule has 5 N–H and O–H groups in total. The molecular weight excluding hydrogens is 630 g/mol. The number of aryl methyl sites for hydroxylation is 2. The lowest BCUT2D eigenvalue weighted by Crippen LogP contribution is -2.22. The normalized spacial score (nSPS) is 20.9. The number of piperidine rings is 2. The zero-order chi connectivity index (χ0) is 31.8. The molecule has 48 heavy (non-hydrogen) atoms. The van der Waals surface area contributed by atoms with Gasteiger partial charge in [0.2, 0.25) is 0 Å². The second kappa shape index (κ2) is 14.5. The molecule has 7 heterocycles. The van der Waals surface area contributed by atoms with E-state index in [0.717, 1.165) is 90.1 Å². The molecule has 14 nitrogen and oxygen atoms in total. The monoisotopic (exact) mass is 671 g/mol. The molecule has 5 aromatic heterocycles. The number of aromatic nitrogens is 9. The van der Waals surface area contributed by atoms with E-state index in [1.54, 1.807) is 24.8 Å². The van der Waals surface area contributed by atoms with Gasteiger partial charge in [-0.1, -0.05) is 7.43 Å². The van der Waals surface area contributed by atoms with Crippen LogP contribution in [0, 0.1) is 37.5 Å². The van der Waals surface area contributed by atoms with Gasteiger partial charge in [0.25, 0.3) is 0 Å². The Morgan fingerprint density at radius 1 is 0.583 bits per heavy atom. The Labute approximate surface area is 286 Å². The van der Waals surface area contributed by atoms with Crippen LogP contribution in [-0.2, 0) is 0 Å². The average molecular weight is 672 g/mol. The van der Waals surface area contributed by atoms with Crippen molar-refractivity contribution >= 4 is 29.9 Å². The lowest BCUT2D eigenvalue weighted by atomic mass is 10.3. The number of nitrogens with zero attached hydrogens (tertiary/aromatic N) is 11. The summed E-state index contributed by atoms with van der Waals surface area (Å²) in [5.74, 6) is 10.2. The second-order valence-electron chi connectivity index (χ2n) is 12.4. The SMILES string of the molecule is C.Cc1ccc(C)n1-c1cncc(-c2cnc(N3CC4CC4C3)cn2)n1.Cl.NO.Nc1cncc(-c2cnc(N3CC4CC4C3)cn2)n1. The highest BCUT2D eigenvalue weighted by Gasteiger charge is 2.46. The molecule has 15 heteroatoms. The van der Waals surface area contributed by atoms with E-state index in [9.17, 15) is 0 Å². The summed E-state index contributed by atoms with van der Waals surface area (Å²) in [7, 11) is 0. The van der Waals surface area contributed by atoms with Crippen molar-refractivity contribution in [2.45, 2.75) is 34.1 Å². The molecule has 252 valence electrons. The molecule has 4 atom stereocenters. The van der Waals surface area contributed by atoms with Gasteiger partial charge in [0.1, 0.15) is 40.2 Å². The zero-order valence-corrected chi connectivity index (χ0v) is 27.1. The highest BCUT2D eigenvalue weighted by Crippen LogP contribution is 2.46. The highest BCUT2D eigenvalue weighted by atomic mass is 35.5. The molecule has 0 radical (unpaired) electrons. The molecule has 2 saturated heterocycles. The van der Waals surface area contributed by atoms with Crippen molar-refractivity contribution in [3.8, 4) is 28.6 Å². The smallest absolute Gasteiger partial charge is 0.156 e. The molecule has 2 saturated carbocycles. The molecule has 2 aliphatic carbocycles. The Balaban J connectivity index is 0.000000177. The number of fused-ring (bicyclic) bond motifs is 2. The van der Waals surface area contributed by atoms with Gasteiger partial charge in [0, 0.05) is 37.6 Å². The fourth-order valence-electron chi connectivity index (χ4n) is 6.53. The van der Waals surface area contributed by atoms with Gasteiger partial charge >= 0.3 is 0 Å². The first-order valence-corrected chi connectivity index (χ1v) is 15.4. The minimum Gasteiger partial charge on any atom is -0.382 e.